The third-order valence-corrected chi connectivity index (χ3v) is 12.1. The molecule has 0 aliphatic carbocycles. The Bertz CT molecular complexity index is 2100. The summed E-state index contributed by atoms with van der Waals surface area (Å²) in [4.78, 5) is 0. The molecule has 7 rings (SSSR count). The number of ether oxygens (including phenoxy) is 6. The number of benzene rings is 6. The Kier molecular flexibility index (Phi) is 15.1. The van der Waals surface area contributed by atoms with Gasteiger partial charge in [-0.15, -0.1) is 11.8 Å². The summed E-state index contributed by atoms with van der Waals surface area (Å²) < 4.78 is 39.8. The first-order valence-corrected chi connectivity index (χ1v) is 21.1. The average Bonchev–Trinajstić information content (AvgIpc) is 3.27. The van der Waals surface area contributed by atoms with Gasteiger partial charge in [-0.2, -0.15) is 0 Å². The molecule has 0 amide bonds. The molecular weight excluding hydrogens is 741 g/mol. The minimum Gasteiger partial charge on any atom is -0.496 e. The predicted molar refractivity (Wildman–Crippen MR) is 233 cm³/mol. The fourth-order valence-corrected chi connectivity index (χ4v) is 9.12. The number of aryl methyl sites for hydroxylation is 1. The fourth-order valence-electron chi connectivity index (χ4n) is 7.46. The molecule has 6 nitrogen and oxygen atoms in total. The summed E-state index contributed by atoms with van der Waals surface area (Å²) in [6.07, 6.45) is -0.455. The van der Waals surface area contributed by atoms with Gasteiger partial charge in [-0.1, -0.05) is 140 Å². The van der Waals surface area contributed by atoms with Crippen LogP contribution in [0.15, 0.2) is 158 Å². The Labute approximate surface area is 348 Å². The number of thioether (sulfide) groups is 1. The summed E-state index contributed by atoms with van der Waals surface area (Å²) in [5.74, 6) is 1.70. The molecule has 0 bridgehead atoms. The van der Waals surface area contributed by atoms with Crippen LogP contribution in [-0.2, 0) is 51.8 Å². The van der Waals surface area contributed by atoms with E-state index in [9.17, 15) is 0 Å². The van der Waals surface area contributed by atoms with Gasteiger partial charge in [-0.25, -0.2) is 0 Å². The lowest BCUT2D eigenvalue weighted by Crippen LogP contribution is -2.54. The number of hydrogen-bond donors (Lipinski definition) is 0. The van der Waals surface area contributed by atoms with E-state index in [2.05, 4.69) is 104 Å². The van der Waals surface area contributed by atoms with Crippen LogP contribution in [-0.4, -0.2) is 43.9 Å². The summed E-state index contributed by atoms with van der Waals surface area (Å²) in [5, 5.41) is -0.281. The molecule has 7 heteroatoms. The maximum absolute atomic E-state index is 7.13. The Balaban J connectivity index is 1.29. The van der Waals surface area contributed by atoms with Gasteiger partial charge in [0.25, 0.3) is 0 Å². The van der Waals surface area contributed by atoms with Gasteiger partial charge in [0.2, 0.25) is 0 Å². The van der Waals surface area contributed by atoms with Crippen LogP contribution in [0, 0.1) is 6.92 Å². The first-order valence-electron chi connectivity index (χ1n) is 20.2. The molecule has 0 unspecified atom stereocenters. The van der Waals surface area contributed by atoms with Crippen molar-refractivity contribution < 1.29 is 28.4 Å². The molecule has 0 aromatic heterocycles. The number of hydrogen-bond acceptors (Lipinski definition) is 7. The normalized spacial score (nSPS) is 19.1. The zero-order chi connectivity index (χ0) is 39.9. The zero-order valence-electron chi connectivity index (χ0n) is 33.7. The highest BCUT2D eigenvalue weighted by molar-refractivity contribution is 8.00. The average molecular weight is 795 g/mol. The van der Waals surface area contributed by atoms with Crippen molar-refractivity contribution in [2.24, 2.45) is 0 Å². The molecule has 1 fully saturated rings. The molecule has 0 saturated carbocycles. The van der Waals surface area contributed by atoms with E-state index in [-0.39, 0.29) is 16.6 Å². The van der Waals surface area contributed by atoms with E-state index in [0.29, 0.717) is 39.6 Å². The van der Waals surface area contributed by atoms with Crippen LogP contribution in [0.3, 0.4) is 0 Å². The Morgan fingerprint density at radius 2 is 1.03 bits per heavy atom. The minimum absolute atomic E-state index is 0.102. The molecule has 6 aromatic rings. The Morgan fingerprint density at radius 3 is 1.55 bits per heavy atom. The van der Waals surface area contributed by atoms with Crippen molar-refractivity contribution in [3.63, 3.8) is 0 Å². The third kappa shape index (κ3) is 11.2. The molecule has 0 spiro atoms. The highest BCUT2D eigenvalue weighted by atomic mass is 32.2. The quantitative estimate of drug-likeness (QED) is 0.0809. The van der Waals surface area contributed by atoms with Gasteiger partial charge in [0.15, 0.2) is 0 Å². The molecule has 1 heterocycles. The van der Waals surface area contributed by atoms with Crippen molar-refractivity contribution in [1.29, 1.82) is 0 Å². The van der Waals surface area contributed by atoms with E-state index in [1.54, 1.807) is 7.11 Å². The van der Waals surface area contributed by atoms with Gasteiger partial charge in [-0.05, 0) is 77.4 Å². The first kappa shape index (κ1) is 41.3. The van der Waals surface area contributed by atoms with Gasteiger partial charge < -0.3 is 28.4 Å². The molecule has 1 aliphatic rings. The van der Waals surface area contributed by atoms with Crippen molar-refractivity contribution in [3.05, 3.63) is 202 Å². The SMILES string of the molecule is CCOc1ccc(Cc2cc([C@@H]3S[C@H](COCc4ccccc4)[C@@H](OCc4ccccc4)[C@H](OCc4ccccc4)[C@H]3OCc3ccccc3)c(OC)cc2C)cc1. The van der Waals surface area contributed by atoms with Crippen LogP contribution >= 0.6 is 11.8 Å². The molecule has 300 valence electrons. The van der Waals surface area contributed by atoms with E-state index in [0.717, 1.165) is 45.7 Å². The summed E-state index contributed by atoms with van der Waals surface area (Å²) in [5.41, 5.74) is 9.08. The van der Waals surface area contributed by atoms with Crippen LogP contribution in [0.5, 0.6) is 11.5 Å². The van der Waals surface area contributed by atoms with Crippen LogP contribution in [0.1, 0.15) is 56.7 Å². The van der Waals surface area contributed by atoms with Gasteiger partial charge in [0, 0.05) is 5.56 Å². The van der Waals surface area contributed by atoms with Crippen molar-refractivity contribution in [1.82, 2.24) is 0 Å². The minimum atomic E-state index is -0.454. The summed E-state index contributed by atoms with van der Waals surface area (Å²) in [6.45, 7) is 7.02. The lowest BCUT2D eigenvalue weighted by atomic mass is 9.91. The highest BCUT2D eigenvalue weighted by Gasteiger charge is 2.49. The topological polar surface area (TPSA) is 55.4 Å². The molecule has 1 saturated heterocycles. The van der Waals surface area contributed by atoms with E-state index >= 15 is 0 Å². The van der Waals surface area contributed by atoms with Crippen molar-refractivity contribution in [2.45, 2.75) is 75.5 Å². The summed E-state index contributed by atoms with van der Waals surface area (Å²) >= 11 is 1.84. The number of rotatable bonds is 19. The van der Waals surface area contributed by atoms with Crippen molar-refractivity contribution in [2.75, 3.05) is 20.3 Å². The summed E-state index contributed by atoms with van der Waals surface area (Å²) in [7, 11) is 1.76. The predicted octanol–water partition coefficient (Wildman–Crippen LogP) is 11.1. The first-order chi connectivity index (χ1) is 28.6. The van der Waals surface area contributed by atoms with E-state index < -0.39 is 12.2 Å². The van der Waals surface area contributed by atoms with E-state index in [1.165, 1.54) is 16.7 Å². The molecule has 58 heavy (non-hydrogen) atoms. The fraction of sp³-hybridized carbons (Fsp3) is 0.294. The molecule has 6 aromatic carbocycles. The molecule has 1 aliphatic heterocycles. The maximum atomic E-state index is 7.13. The smallest absolute Gasteiger partial charge is 0.123 e. The molecule has 0 radical (unpaired) electrons. The van der Waals surface area contributed by atoms with Crippen molar-refractivity contribution in [3.8, 4) is 11.5 Å². The lowest BCUT2D eigenvalue weighted by Gasteiger charge is -2.46. The molecule has 5 atom stereocenters. The largest absolute Gasteiger partial charge is 0.496 e. The van der Waals surface area contributed by atoms with Crippen LogP contribution in [0.25, 0.3) is 0 Å². The second kappa shape index (κ2) is 21.2. The maximum Gasteiger partial charge on any atom is 0.123 e. The second-order valence-electron chi connectivity index (χ2n) is 14.7. The van der Waals surface area contributed by atoms with Crippen molar-refractivity contribution >= 4 is 11.8 Å². The van der Waals surface area contributed by atoms with Gasteiger partial charge >= 0.3 is 0 Å². The van der Waals surface area contributed by atoms with E-state index in [4.69, 9.17) is 28.4 Å². The highest BCUT2D eigenvalue weighted by Crippen LogP contribution is 2.50. The molecular formula is C51H54O6S. The lowest BCUT2D eigenvalue weighted by molar-refractivity contribution is -0.160. The van der Waals surface area contributed by atoms with Crippen LogP contribution in [0.4, 0.5) is 0 Å². The van der Waals surface area contributed by atoms with Gasteiger partial charge in [0.05, 0.1) is 57.3 Å². The standard InChI is InChI=1S/C51H54O6S/c1-4-54-44-27-25-38(26-28-44)30-43-31-45(46(52-3)29-37(43)2)51-50(57-35-42-23-15-8-16-24-42)49(56-34-41-21-13-7-14-22-41)48(55-33-40-19-11-6-12-20-40)47(58-51)36-53-32-39-17-9-5-10-18-39/h5-29,31,47-51H,4,30,32-36H2,1-3H3/t47-,48-,49+,50-,51+/m1/s1. The number of methoxy groups -OCH3 is 1. The monoisotopic (exact) mass is 794 g/mol. The zero-order valence-corrected chi connectivity index (χ0v) is 34.5. The Morgan fingerprint density at radius 1 is 0.534 bits per heavy atom. The third-order valence-electron chi connectivity index (χ3n) is 10.5. The Hall–Kier alpha value is -4.89. The summed E-state index contributed by atoms with van der Waals surface area (Å²) in [6, 6.07) is 54.2. The van der Waals surface area contributed by atoms with E-state index in [1.807, 2.05) is 79.3 Å². The van der Waals surface area contributed by atoms with Crippen LogP contribution in [0.2, 0.25) is 0 Å². The van der Waals surface area contributed by atoms with Crippen LogP contribution < -0.4 is 9.47 Å². The second-order valence-corrected chi connectivity index (χ2v) is 16.0. The van der Waals surface area contributed by atoms with Gasteiger partial charge in [-0.3, -0.25) is 0 Å². The molecule has 0 N–H and O–H groups in total. The van der Waals surface area contributed by atoms with Gasteiger partial charge in [0.1, 0.15) is 29.8 Å².